The Morgan fingerprint density at radius 2 is 2.15 bits per heavy atom. The van der Waals surface area contributed by atoms with Crippen molar-refractivity contribution in [2.45, 2.75) is 11.8 Å². The minimum absolute atomic E-state index is 0.390. The second-order valence-corrected chi connectivity index (χ2v) is 3.12. The SMILES string of the molecule is CCOC(=O)C#Sc1ccccc1. The molecule has 0 saturated carbocycles. The van der Waals surface area contributed by atoms with Crippen LogP contribution < -0.4 is 0 Å². The lowest BCUT2D eigenvalue weighted by Crippen LogP contribution is -1.98. The number of hydrogen-bond donors (Lipinski definition) is 0. The lowest BCUT2D eigenvalue weighted by Gasteiger charge is -1.90. The van der Waals surface area contributed by atoms with Gasteiger partial charge in [0.25, 0.3) is 0 Å². The van der Waals surface area contributed by atoms with Gasteiger partial charge >= 0.3 is 5.97 Å². The molecule has 0 spiro atoms. The first-order valence-electron chi connectivity index (χ1n) is 3.97. The Labute approximate surface area is 81.1 Å². The van der Waals surface area contributed by atoms with Crippen molar-refractivity contribution in [1.29, 1.82) is 0 Å². The molecule has 0 aliphatic carbocycles. The monoisotopic (exact) mass is 194 g/mol. The molecule has 0 saturated heterocycles. The summed E-state index contributed by atoms with van der Waals surface area (Å²) in [5.74, 6) is -0.406. The normalized spacial score (nSPS) is 8.69. The molecule has 0 aliphatic rings. The number of carbonyl (C=O) groups is 1. The van der Waals surface area contributed by atoms with Crippen LogP contribution in [-0.2, 0) is 9.53 Å². The molecule has 0 atom stereocenters. The number of ether oxygens (including phenoxy) is 1. The van der Waals surface area contributed by atoms with Crippen LogP contribution in [0.25, 0.3) is 0 Å². The zero-order chi connectivity index (χ0) is 9.52. The largest absolute Gasteiger partial charge is 0.456 e. The predicted octanol–water partition coefficient (Wildman–Crippen LogP) is 2.30. The van der Waals surface area contributed by atoms with Crippen molar-refractivity contribution < 1.29 is 9.53 Å². The summed E-state index contributed by atoms with van der Waals surface area (Å²) >= 11 is 1.24. The minimum Gasteiger partial charge on any atom is -0.456 e. The minimum atomic E-state index is -0.406. The van der Waals surface area contributed by atoms with Crippen LogP contribution in [0.4, 0.5) is 0 Å². The molecule has 13 heavy (non-hydrogen) atoms. The Morgan fingerprint density at radius 3 is 2.77 bits per heavy atom. The molecule has 0 heterocycles. The van der Waals surface area contributed by atoms with E-state index in [1.54, 1.807) is 6.92 Å². The molecule has 0 unspecified atom stereocenters. The van der Waals surface area contributed by atoms with Crippen LogP contribution in [0, 0.1) is 5.18 Å². The number of carbonyl (C=O) groups excluding carboxylic acids is 1. The van der Waals surface area contributed by atoms with Gasteiger partial charge in [0.05, 0.1) is 6.61 Å². The third-order valence-electron chi connectivity index (χ3n) is 1.27. The van der Waals surface area contributed by atoms with Gasteiger partial charge in [-0.25, -0.2) is 4.79 Å². The van der Waals surface area contributed by atoms with Crippen LogP contribution in [0.3, 0.4) is 0 Å². The zero-order valence-electron chi connectivity index (χ0n) is 7.32. The molecule has 0 radical (unpaired) electrons. The molecule has 0 amide bonds. The van der Waals surface area contributed by atoms with Crippen molar-refractivity contribution in [3.8, 4) is 5.18 Å². The maximum atomic E-state index is 10.9. The highest BCUT2D eigenvalue weighted by Crippen LogP contribution is 2.06. The molecule has 1 aromatic carbocycles. The predicted molar refractivity (Wildman–Crippen MR) is 52.8 cm³/mol. The first-order chi connectivity index (χ1) is 6.33. The van der Waals surface area contributed by atoms with Gasteiger partial charge in [-0.2, -0.15) is 0 Å². The van der Waals surface area contributed by atoms with Gasteiger partial charge in [-0.3, -0.25) is 0 Å². The zero-order valence-corrected chi connectivity index (χ0v) is 8.14. The smallest absolute Gasteiger partial charge is 0.386 e. The van der Waals surface area contributed by atoms with E-state index < -0.39 is 5.97 Å². The van der Waals surface area contributed by atoms with Crippen molar-refractivity contribution in [2.24, 2.45) is 0 Å². The molecule has 0 N–H and O–H groups in total. The topological polar surface area (TPSA) is 26.3 Å². The third-order valence-corrected chi connectivity index (χ3v) is 2.05. The Morgan fingerprint density at radius 1 is 1.46 bits per heavy atom. The molecule has 0 aliphatic heterocycles. The lowest BCUT2D eigenvalue weighted by molar-refractivity contribution is -0.136. The van der Waals surface area contributed by atoms with Gasteiger partial charge in [0.15, 0.2) is 0 Å². The molecule has 2 nitrogen and oxygen atoms in total. The van der Waals surface area contributed by atoms with Crippen LogP contribution in [0.5, 0.6) is 0 Å². The summed E-state index contributed by atoms with van der Waals surface area (Å²) in [6, 6.07) is 9.58. The summed E-state index contributed by atoms with van der Waals surface area (Å²) in [6.45, 7) is 2.16. The molecule has 1 aromatic rings. The first kappa shape index (κ1) is 9.78. The average molecular weight is 194 g/mol. The molecule has 0 fully saturated rings. The summed E-state index contributed by atoms with van der Waals surface area (Å²) in [5.41, 5.74) is 0. The van der Waals surface area contributed by atoms with Crippen LogP contribution in [0.2, 0.25) is 0 Å². The van der Waals surface area contributed by atoms with Crippen molar-refractivity contribution in [2.75, 3.05) is 6.61 Å². The van der Waals surface area contributed by atoms with E-state index in [9.17, 15) is 4.79 Å². The van der Waals surface area contributed by atoms with Crippen LogP contribution in [0.1, 0.15) is 6.92 Å². The van der Waals surface area contributed by atoms with Gasteiger partial charge < -0.3 is 4.74 Å². The van der Waals surface area contributed by atoms with E-state index in [-0.39, 0.29) is 0 Å². The van der Waals surface area contributed by atoms with Crippen LogP contribution in [-0.4, -0.2) is 12.6 Å². The Kier molecular flexibility index (Phi) is 4.03. The van der Waals surface area contributed by atoms with E-state index in [4.69, 9.17) is 4.74 Å². The standard InChI is InChI=1S/C10H10O2S/c1-2-12-10(11)8-13-9-6-4-3-5-7-9/h3-7H,2H2,1H3. The van der Waals surface area contributed by atoms with Crippen molar-refractivity contribution in [3.05, 3.63) is 30.3 Å². The molecular weight excluding hydrogens is 184 g/mol. The number of rotatable bonds is 1. The second kappa shape index (κ2) is 5.36. The number of esters is 1. The number of hydrogen-bond acceptors (Lipinski definition) is 2. The highest BCUT2D eigenvalue weighted by Gasteiger charge is 1.91. The molecule has 1 rings (SSSR count). The maximum Gasteiger partial charge on any atom is 0.386 e. The average Bonchev–Trinajstić information content (AvgIpc) is 2.17. The molecule has 3 heteroatoms. The van der Waals surface area contributed by atoms with Gasteiger partial charge in [-0.05, 0) is 19.1 Å². The van der Waals surface area contributed by atoms with Gasteiger partial charge in [0.1, 0.15) is 0 Å². The van der Waals surface area contributed by atoms with E-state index in [1.807, 2.05) is 30.3 Å². The Hall–Kier alpha value is -1.31. The van der Waals surface area contributed by atoms with Gasteiger partial charge in [0.2, 0.25) is 0 Å². The fourth-order valence-electron chi connectivity index (χ4n) is 0.750. The van der Waals surface area contributed by atoms with E-state index in [0.29, 0.717) is 6.61 Å². The third kappa shape index (κ3) is 3.74. The maximum absolute atomic E-state index is 10.9. The van der Waals surface area contributed by atoms with Gasteiger partial charge in [-0.1, -0.05) is 29.4 Å². The summed E-state index contributed by atoms with van der Waals surface area (Å²) in [7, 11) is 0. The summed E-state index contributed by atoms with van der Waals surface area (Å²) in [6.07, 6.45) is 0. The molecule has 0 aromatic heterocycles. The number of benzene rings is 1. The van der Waals surface area contributed by atoms with Gasteiger partial charge in [0, 0.05) is 10.1 Å². The van der Waals surface area contributed by atoms with E-state index in [2.05, 4.69) is 5.18 Å². The molecule has 68 valence electrons. The summed E-state index contributed by atoms with van der Waals surface area (Å²) in [4.78, 5) is 11.8. The van der Waals surface area contributed by atoms with Gasteiger partial charge in [-0.15, -0.1) is 0 Å². The summed E-state index contributed by atoms with van der Waals surface area (Å²) in [5, 5.41) is 2.56. The van der Waals surface area contributed by atoms with Crippen LogP contribution >= 0.6 is 11.2 Å². The highest BCUT2D eigenvalue weighted by atomic mass is 32.1. The van der Waals surface area contributed by atoms with Crippen molar-refractivity contribution in [1.82, 2.24) is 0 Å². The van der Waals surface area contributed by atoms with E-state index >= 15 is 0 Å². The van der Waals surface area contributed by atoms with E-state index in [0.717, 1.165) is 4.90 Å². The molecule has 0 bridgehead atoms. The quantitative estimate of drug-likeness (QED) is 0.641. The van der Waals surface area contributed by atoms with E-state index in [1.165, 1.54) is 11.2 Å². The molecular formula is C10H10O2S. The Balaban J connectivity index is 2.62. The first-order valence-corrected chi connectivity index (χ1v) is 4.79. The van der Waals surface area contributed by atoms with Crippen molar-refractivity contribution >= 4 is 17.1 Å². The van der Waals surface area contributed by atoms with Crippen molar-refractivity contribution in [3.63, 3.8) is 0 Å². The fourth-order valence-corrected chi connectivity index (χ4v) is 1.30. The summed E-state index contributed by atoms with van der Waals surface area (Å²) < 4.78 is 4.69. The second-order valence-electron chi connectivity index (χ2n) is 2.24. The Bertz CT molecular complexity index is 335. The highest BCUT2D eigenvalue weighted by molar-refractivity contribution is 7.89. The fraction of sp³-hybridized carbons (Fsp3) is 0.200. The van der Waals surface area contributed by atoms with Crippen LogP contribution in [0.15, 0.2) is 35.2 Å². The lowest BCUT2D eigenvalue weighted by atomic mass is 10.4.